The van der Waals surface area contributed by atoms with Gasteiger partial charge >= 0.3 is 0 Å². The van der Waals surface area contributed by atoms with Gasteiger partial charge in [0.05, 0.1) is 24.9 Å². The number of rotatable bonds is 7. The first-order valence-corrected chi connectivity index (χ1v) is 9.47. The monoisotopic (exact) mass is 356 g/mol. The molecule has 26 heavy (non-hydrogen) atoms. The van der Waals surface area contributed by atoms with Gasteiger partial charge in [-0.2, -0.15) is 5.26 Å². The highest BCUT2D eigenvalue weighted by atomic mass is 16.5. The van der Waals surface area contributed by atoms with Gasteiger partial charge in [0.15, 0.2) is 0 Å². The van der Waals surface area contributed by atoms with E-state index in [-0.39, 0.29) is 5.91 Å². The number of carbonyl (C=O) groups is 1. The second-order valence-corrected chi connectivity index (χ2v) is 7.30. The van der Waals surface area contributed by atoms with Crippen molar-refractivity contribution in [2.45, 2.75) is 32.2 Å². The predicted octanol–water partition coefficient (Wildman–Crippen LogP) is 2.02. The van der Waals surface area contributed by atoms with E-state index in [4.69, 9.17) is 4.74 Å². The molecule has 6 nitrogen and oxygen atoms in total. The van der Waals surface area contributed by atoms with Crippen LogP contribution >= 0.6 is 0 Å². The number of benzene rings is 1. The molecular formula is C20H28N4O2. The summed E-state index contributed by atoms with van der Waals surface area (Å²) in [6.07, 6.45) is 2.06. The highest BCUT2D eigenvalue weighted by Crippen LogP contribution is 2.39. The molecule has 1 aliphatic carbocycles. The van der Waals surface area contributed by atoms with E-state index in [0.717, 1.165) is 50.5 Å². The van der Waals surface area contributed by atoms with Crippen LogP contribution < -0.4 is 15.0 Å². The summed E-state index contributed by atoms with van der Waals surface area (Å²) in [7, 11) is 0. The smallest absolute Gasteiger partial charge is 0.235 e. The Labute approximate surface area is 155 Å². The third kappa shape index (κ3) is 4.28. The first-order chi connectivity index (χ1) is 12.6. The molecule has 6 heteroatoms. The molecule has 1 N–H and O–H groups in total. The van der Waals surface area contributed by atoms with Gasteiger partial charge in [0, 0.05) is 26.2 Å². The van der Waals surface area contributed by atoms with Crippen LogP contribution in [0.5, 0.6) is 5.75 Å². The maximum atomic E-state index is 12.4. The fourth-order valence-corrected chi connectivity index (χ4v) is 3.56. The lowest BCUT2D eigenvalue weighted by Gasteiger charge is -2.36. The number of hydrogen-bond acceptors (Lipinski definition) is 5. The average molecular weight is 356 g/mol. The number of amides is 1. The fourth-order valence-electron chi connectivity index (χ4n) is 3.56. The van der Waals surface area contributed by atoms with Crippen LogP contribution in [0.2, 0.25) is 0 Å². The van der Waals surface area contributed by atoms with Crippen LogP contribution in [0, 0.1) is 17.2 Å². The number of nitriles is 1. The second kappa shape index (κ2) is 7.96. The molecule has 1 atom stereocenters. The Kier molecular flexibility index (Phi) is 5.67. The van der Waals surface area contributed by atoms with Crippen molar-refractivity contribution >= 4 is 11.6 Å². The summed E-state index contributed by atoms with van der Waals surface area (Å²) in [5, 5.41) is 12.3. The van der Waals surface area contributed by atoms with E-state index < -0.39 is 5.54 Å². The average Bonchev–Trinajstić information content (AvgIpc) is 3.49. The summed E-state index contributed by atoms with van der Waals surface area (Å²) >= 11 is 0. The zero-order valence-corrected chi connectivity index (χ0v) is 15.7. The van der Waals surface area contributed by atoms with E-state index in [1.54, 1.807) is 0 Å². The number of piperazine rings is 1. The minimum Gasteiger partial charge on any atom is -0.492 e. The van der Waals surface area contributed by atoms with Crippen molar-refractivity contribution in [3.63, 3.8) is 0 Å². The molecule has 1 aliphatic heterocycles. The molecule has 0 aromatic heterocycles. The highest BCUT2D eigenvalue weighted by Gasteiger charge is 2.43. The molecule has 2 fully saturated rings. The van der Waals surface area contributed by atoms with E-state index in [9.17, 15) is 10.1 Å². The molecule has 1 saturated carbocycles. The SMILES string of the molecule is CCOc1ccccc1N1CCN(CC(=O)NC(C)(C#N)C2CC2)CC1. The molecule has 1 amide bonds. The molecule has 3 rings (SSSR count). The minimum absolute atomic E-state index is 0.0517. The Bertz CT molecular complexity index is 675. The minimum atomic E-state index is -0.713. The Morgan fingerprint density at radius 1 is 1.31 bits per heavy atom. The van der Waals surface area contributed by atoms with Gasteiger partial charge in [-0.05, 0) is 44.7 Å². The lowest BCUT2D eigenvalue weighted by Crippen LogP contribution is -2.53. The summed E-state index contributed by atoms with van der Waals surface area (Å²) in [5.41, 5.74) is 0.402. The van der Waals surface area contributed by atoms with Crippen molar-refractivity contribution in [3.8, 4) is 11.8 Å². The number of hydrogen-bond donors (Lipinski definition) is 1. The fraction of sp³-hybridized carbons (Fsp3) is 0.600. The zero-order chi connectivity index (χ0) is 18.6. The molecule has 2 aliphatic rings. The van der Waals surface area contributed by atoms with Gasteiger partial charge < -0.3 is 15.0 Å². The van der Waals surface area contributed by atoms with Crippen molar-refractivity contribution in [1.29, 1.82) is 5.26 Å². The standard InChI is InChI=1S/C20H28N4O2/c1-3-26-18-7-5-4-6-17(18)24-12-10-23(11-13-24)14-19(25)22-20(2,15-21)16-8-9-16/h4-7,16H,3,8-14H2,1-2H3,(H,22,25). The number of carbonyl (C=O) groups excluding carboxylic acids is 1. The number of nitrogens with zero attached hydrogens (tertiary/aromatic N) is 3. The summed E-state index contributed by atoms with van der Waals surface area (Å²) in [5.74, 6) is 1.17. The van der Waals surface area contributed by atoms with Gasteiger partial charge in [-0.3, -0.25) is 9.69 Å². The Morgan fingerprint density at radius 3 is 2.62 bits per heavy atom. The summed E-state index contributed by atoms with van der Waals surface area (Å²) in [6, 6.07) is 10.4. The van der Waals surface area contributed by atoms with Crippen LogP contribution in [-0.4, -0.2) is 55.7 Å². The summed E-state index contributed by atoms with van der Waals surface area (Å²) in [6.45, 7) is 8.18. The first-order valence-electron chi connectivity index (χ1n) is 9.47. The van der Waals surface area contributed by atoms with Gasteiger partial charge in [0.25, 0.3) is 0 Å². The molecule has 1 aromatic rings. The Morgan fingerprint density at radius 2 is 2.00 bits per heavy atom. The van der Waals surface area contributed by atoms with Crippen molar-refractivity contribution < 1.29 is 9.53 Å². The lowest BCUT2D eigenvalue weighted by molar-refractivity contribution is -0.123. The summed E-state index contributed by atoms with van der Waals surface area (Å²) < 4.78 is 5.73. The van der Waals surface area contributed by atoms with E-state index >= 15 is 0 Å². The predicted molar refractivity (Wildman–Crippen MR) is 101 cm³/mol. The van der Waals surface area contributed by atoms with E-state index in [1.807, 2.05) is 32.0 Å². The van der Waals surface area contributed by atoms with Gasteiger partial charge in [-0.25, -0.2) is 0 Å². The van der Waals surface area contributed by atoms with Gasteiger partial charge in [0.1, 0.15) is 11.3 Å². The Hall–Kier alpha value is -2.26. The van der Waals surface area contributed by atoms with Crippen LogP contribution in [0.4, 0.5) is 5.69 Å². The largest absolute Gasteiger partial charge is 0.492 e. The lowest BCUT2D eigenvalue weighted by atomic mass is 9.98. The van der Waals surface area contributed by atoms with Crippen molar-refractivity contribution in [2.24, 2.45) is 5.92 Å². The van der Waals surface area contributed by atoms with Crippen LogP contribution in [0.25, 0.3) is 0 Å². The third-order valence-corrected chi connectivity index (χ3v) is 5.27. The van der Waals surface area contributed by atoms with Crippen molar-refractivity contribution in [1.82, 2.24) is 10.2 Å². The normalized spacial score (nSPS) is 20.1. The molecule has 1 unspecified atom stereocenters. The topological polar surface area (TPSA) is 68.6 Å². The van der Waals surface area contributed by atoms with E-state index in [2.05, 4.69) is 27.3 Å². The molecule has 0 spiro atoms. The quantitative estimate of drug-likeness (QED) is 0.809. The summed E-state index contributed by atoms with van der Waals surface area (Å²) in [4.78, 5) is 16.8. The van der Waals surface area contributed by atoms with Crippen molar-refractivity contribution in [3.05, 3.63) is 24.3 Å². The molecular weight excluding hydrogens is 328 g/mol. The Balaban J connectivity index is 1.51. The van der Waals surface area contributed by atoms with Gasteiger partial charge in [0.2, 0.25) is 5.91 Å². The molecule has 0 radical (unpaired) electrons. The van der Waals surface area contributed by atoms with Crippen LogP contribution in [0.15, 0.2) is 24.3 Å². The number of para-hydroxylation sites is 2. The van der Waals surface area contributed by atoms with Crippen LogP contribution in [-0.2, 0) is 4.79 Å². The van der Waals surface area contributed by atoms with E-state index in [0.29, 0.717) is 19.1 Å². The van der Waals surface area contributed by atoms with E-state index in [1.165, 1.54) is 0 Å². The van der Waals surface area contributed by atoms with Crippen molar-refractivity contribution in [2.75, 3.05) is 44.2 Å². The van der Waals surface area contributed by atoms with Gasteiger partial charge in [-0.1, -0.05) is 12.1 Å². The van der Waals surface area contributed by atoms with Crippen LogP contribution in [0.3, 0.4) is 0 Å². The highest BCUT2D eigenvalue weighted by molar-refractivity contribution is 5.79. The number of ether oxygens (including phenoxy) is 1. The van der Waals surface area contributed by atoms with Gasteiger partial charge in [-0.15, -0.1) is 0 Å². The first kappa shape index (κ1) is 18.5. The zero-order valence-electron chi connectivity index (χ0n) is 15.7. The molecule has 140 valence electrons. The van der Waals surface area contributed by atoms with Crippen LogP contribution in [0.1, 0.15) is 26.7 Å². The number of anilines is 1. The maximum Gasteiger partial charge on any atom is 0.235 e. The molecule has 1 aromatic carbocycles. The molecule has 1 saturated heterocycles. The number of nitrogens with one attached hydrogen (secondary N) is 1. The third-order valence-electron chi connectivity index (χ3n) is 5.27. The second-order valence-electron chi connectivity index (χ2n) is 7.30. The molecule has 1 heterocycles. The maximum absolute atomic E-state index is 12.4. The molecule has 0 bridgehead atoms.